The highest BCUT2D eigenvalue weighted by Crippen LogP contribution is 2.19. The van der Waals surface area contributed by atoms with Crippen molar-refractivity contribution in [3.05, 3.63) is 77.9 Å². The smallest absolute Gasteiger partial charge is 0.254 e. The van der Waals surface area contributed by atoms with E-state index in [2.05, 4.69) is 36.3 Å². The third-order valence-electron chi connectivity index (χ3n) is 5.62. The van der Waals surface area contributed by atoms with Gasteiger partial charge in [-0.05, 0) is 55.8 Å². The van der Waals surface area contributed by atoms with E-state index in [4.69, 9.17) is 5.26 Å². The Kier molecular flexibility index (Phi) is 7.26. The molecular formula is C25H30N4O. The molecule has 2 aromatic carbocycles. The summed E-state index contributed by atoms with van der Waals surface area (Å²) in [6.45, 7) is 13.4. The highest BCUT2D eigenvalue weighted by atomic mass is 16.2. The van der Waals surface area contributed by atoms with Crippen LogP contribution in [0, 0.1) is 11.3 Å². The lowest BCUT2D eigenvalue weighted by molar-refractivity contribution is 0.0762. The van der Waals surface area contributed by atoms with Gasteiger partial charge in [0.05, 0.1) is 11.6 Å². The highest BCUT2D eigenvalue weighted by Gasteiger charge is 2.20. The van der Waals surface area contributed by atoms with Crippen LogP contribution in [-0.2, 0) is 6.54 Å². The Morgan fingerprint density at radius 3 is 2.27 bits per heavy atom. The first-order valence-electron chi connectivity index (χ1n) is 10.5. The van der Waals surface area contributed by atoms with Crippen LogP contribution in [-0.4, -0.2) is 54.5 Å². The van der Waals surface area contributed by atoms with E-state index < -0.39 is 0 Å². The first-order valence-corrected chi connectivity index (χ1v) is 10.5. The zero-order valence-corrected chi connectivity index (χ0v) is 17.9. The normalized spacial score (nSPS) is 14.4. The Hall–Kier alpha value is -3.10. The van der Waals surface area contributed by atoms with E-state index >= 15 is 0 Å². The van der Waals surface area contributed by atoms with Gasteiger partial charge in [0.2, 0.25) is 0 Å². The summed E-state index contributed by atoms with van der Waals surface area (Å²) >= 11 is 0. The molecule has 30 heavy (non-hydrogen) atoms. The Bertz CT molecular complexity index is 888. The minimum absolute atomic E-state index is 0.0181. The molecule has 1 heterocycles. The molecular weight excluding hydrogens is 372 g/mol. The van der Waals surface area contributed by atoms with Crippen molar-refractivity contribution in [2.45, 2.75) is 26.4 Å². The first-order chi connectivity index (χ1) is 14.5. The molecule has 5 nitrogen and oxygen atoms in total. The van der Waals surface area contributed by atoms with Crippen LogP contribution in [0.25, 0.3) is 0 Å². The minimum atomic E-state index is -0.0181. The average Bonchev–Trinajstić information content (AvgIpc) is 2.79. The van der Waals surface area contributed by atoms with Crippen LogP contribution < -0.4 is 4.90 Å². The predicted molar refractivity (Wildman–Crippen MR) is 121 cm³/mol. The maximum absolute atomic E-state index is 13.1. The van der Waals surface area contributed by atoms with Gasteiger partial charge in [0.15, 0.2) is 0 Å². The SMILES string of the molecule is C=CCN(Cc1ccc(C#N)cc1)C(=O)c1ccc(N2CCN(C(C)C)CC2)cc1. The lowest BCUT2D eigenvalue weighted by Crippen LogP contribution is -2.48. The number of carbonyl (C=O) groups excluding carboxylic acids is 1. The molecule has 0 atom stereocenters. The summed E-state index contributed by atoms with van der Waals surface area (Å²) in [5, 5.41) is 8.95. The van der Waals surface area contributed by atoms with Gasteiger partial charge >= 0.3 is 0 Å². The average molecular weight is 403 g/mol. The highest BCUT2D eigenvalue weighted by molar-refractivity contribution is 5.94. The maximum atomic E-state index is 13.1. The van der Waals surface area contributed by atoms with Gasteiger partial charge in [-0.2, -0.15) is 5.26 Å². The molecule has 0 bridgehead atoms. The minimum Gasteiger partial charge on any atom is -0.369 e. The van der Waals surface area contributed by atoms with Crippen LogP contribution in [0.5, 0.6) is 0 Å². The Labute approximate surface area is 179 Å². The van der Waals surface area contributed by atoms with Crippen LogP contribution >= 0.6 is 0 Å². The third-order valence-corrected chi connectivity index (χ3v) is 5.62. The van der Waals surface area contributed by atoms with Crippen LogP contribution in [0.3, 0.4) is 0 Å². The van der Waals surface area contributed by atoms with Crippen molar-refractivity contribution in [2.24, 2.45) is 0 Å². The fourth-order valence-corrected chi connectivity index (χ4v) is 3.77. The molecule has 156 valence electrons. The molecule has 0 unspecified atom stereocenters. The first kappa shape index (κ1) is 21.6. The van der Waals surface area contributed by atoms with E-state index in [0.717, 1.165) is 37.4 Å². The van der Waals surface area contributed by atoms with E-state index in [0.29, 0.717) is 30.3 Å². The van der Waals surface area contributed by atoms with Crippen LogP contribution in [0.4, 0.5) is 5.69 Å². The number of anilines is 1. The topological polar surface area (TPSA) is 50.6 Å². The van der Waals surface area contributed by atoms with Crippen molar-refractivity contribution in [3.63, 3.8) is 0 Å². The second-order valence-corrected chi connectivity index (χ2v) is 7.95. The third kappa shape index (κ3) is 5.28. The van der Waals surface area contributed by atoms with E-state index in [1.807, 2.05) is 36.4 Å². The summed E-state index contributed by atoms with van der Waals surface area (Å²) in [4.78, 5) is 19.7. The number of nitrogens with zero attached hydrogens (tertiary/aromatic N) is 4. The zero-order valence-electron chi connectivity index (χ0n) is 17.9. The predicted octanol–water partition coefficient (Wildman–Crippen LogP) is 3.92. The molecule has 2 aromatic rings. The molecule has 5 heteroatoms. The molecule has 0 aromatic heterocycles. The Morgan fingerprint density at radius 2 is 1.73 bits per heavy atom. The van der Waals surface area contributed by atoms with Gasteiger partial charge in [0.25, 0.3) is 5.91 Å². The van der Waals surface area contributed by atoms with Crippen LogP contribution in [0.2, 0.25) is 0 Å². The monoisotopic (exact) mass is 402 g/mol. The van der Waals surface area contributed by atoms with Gasteiger partial charge in [-0.1, -0.05) is 18.2 Å². The molecule has 1 fully saturated rings. The zero-order chi connectivity index (χ0) is 21.5. The molecule has 1 amide bonds. The van der Waals surface area contributed by atoms with Crippen molar-refractivity contribution in [2.75, 3.05) is 37.6 Å². The Morgan fingerprint density at radius 1 is 1.10 bits per heavy atom. The van der Waals surface area contributed by atoms with Crippen LogP contribution in [0.15, 0.2) is 61.2 Å². The van der Waals surface area contributed by atoms with Gasteiger partial charge < -0.3 is 9.80 Å². The summed E-state index contributed by atoms with van der Waals surface area (Å²) in [6.07, 6.45) is 1.74. The lowest BCUT2D eigenvalue weighted by atomic mass is 10.1. The number of hydrogen-bond acceptors (Lipinski definition) is 4. The molecule has 0 aliphatic carbocycles. The maximum Gasteiger partial charge on any atom is 0.254 e. The molecule has 0 N–H and O–H groups in total. The largest absolute Gasteiger partial charge is 0.369 e. The molecule has 0 spiro atoms. The molecule has 1 aliphatic rings. The fourth-order valence-electron chi connectivity index (χ4n) is 3.77. The summed E-state index contributed by atoms with van der Waals surface area (Å²) in [5.41, 5.74) is 3.45. The summed E-state index contributed by atoms with van der Waals surface area (Å²) in [5.74, 6) is -0.0181. The molecule has 0 saturated carbocycles. The molecule has 3 rings (SSSR count). The summed E-state index contributed by atoms with van der Waals surface area (Å²) in [6, 6.07) is 18.0. The van der Waals surface area contributed by atoms with Gasteiger partial charge in [-0.15, -0.1) is 6.58 Å². The van der Waals surface area contributed by atoms with E-state index in [9.17, 15) is 4.79 Å². The number of benzene rings is 2. The van der Waals surface area contributed by atoms with Crippen molar-refractivity contribution >= 4 is 11.6 Å². The Balaban J connectivity index is 1.66. The number of rotatable bonds is 7. The van der Waals surface area contributed by atoms with Gasteiger partial charge in [0, 0.05) is 56.6 Å². The van der Waals surface area contributed by atoms with Crippen LogP contribution in [0.1, 0.15) is 35.3 Å². The number of piperazine rings is 1. The van der Waals surface area contributed by atoms with Crippen molar-refractivity contribution in [3.8, 4) is 6.07 Å². The summed E-state index contributed by atoms with van der Waals surface area (Å²) < 4.78 is 0. The number of nitriles is 1. The van der Waals surface area contributed by atoms with Crippen molar-refractivity contribution in [1.29, 1.82) is 5.26 Å². The molecule has 1 aliphatic heterocycles. The van der Waals surface area contributed by atoms with Crippen molar-refractivity contribution < 1.29 is 4.79 Å². The second kappa shape index (κ2) is 10.1. The lowest BCUT2D eigenvalue weighted by Gasteiger charge is -2.38. The quantitative estimate of drug-likeness (QED) is 0.659. The fraction of sp³-hybridized carbons (Fsp3) is 0.360. The number of hydrogen-bond donors (Lipinski definition) is 0. The number of amides is 1. The van der Waals surface area contributed by atoms with Gasteiger partial charge in [-0.3, -0.25) is 9.69 Å². The second-order valence-electron chi connectivity index (χ2n) is 7.95. The number of carbonyl (C=O) groups is 1. The summed E-state index contributed by atoms with van der Waals surface area (Å²) in [7, 11) is 0. The van der Waals surface area contributed by atoms with Gasteiger partial charge in [0.1, 0.15) is 0 Å². The van der Waals surface area contributed by atoms with E-state index in [1.54, 1.807) is 23.1 Å². The van der Waals surface area contributed by atoms with Gasteiger partial charge in [-0.25, -0.2) is 0 Å². The molecule has 1 saturated heterocycles. The van der Waals surface area contributed by atoms with E-state index in [1.165, 1.54) is 0 Å². The molecule has 0 radical (unpaired) electrons. The van der Waals surface area contributed by atoms with E-state index in [-0.39, 0.29) is 5.91 Å². The van der Waals surface area contributed by atoms with Crippen molar-refractivity contribution in [1.82, 2.24) is 9.80 Å². The standard InChI is InChI=1S/C25H30N4O/c1-4-13-29(19-22-7-5-21(18-26)6-8-22)25(30)23-9-11-24(12-10-23)28-16-14-27(15-17-28)20(2)3/h4-12,20H,1,13-17,19H2,2-3H3.